The maximum Gasteiger partial charge on any atom is 0.255 e. The fourth-order valence-corrected chi connectivity index (χ4v) is 3.95. The van der Waals surface area contributed by atoms with Gasteiger partial charge < -0.3 is 20.9 Å². The fraction of sp³-hybridized carbons (Fsp3) is 0.240. The Bertz CT molecular complexity index is 1020. The van der Waals surface area contributed by atoms with Crippen molar-refractivity contribution in [3.05, 3.63) is 78.4 Å². The second-order valence-corrected chi connectivity index (χ2v) is 8.02. The van der Waals surface area contributed by atoms with E-state index in [2.05, 4.69) is 29.2 Å². The average Bonchev–Trinajstić information content (AvgIpc) is 3.25. The molecule has 0 bridgehead atoms. The Hall–Kier alpha value is -3.31. The van der Waals surface area contributed by atoms with Gasteiger partial charge in [0, 0.05) is 41.6 Å². The summed E-state index contributed by atoms with van der Waals surface area (Å²) >= 11 is 0. The number of nitrogens with two attached hydrogens (primary N) is 1. The number of nitrogens with one attached hydrogen (secondary N) is 1. The molecule has 154 valence electrons. The third-order valence-corrected chi connectivity index (χ3v) is 5.76. The van der Waals surface area contributed by atoms with Gasteiger partial charge in [0.25, 0.3) is 5.91 Å². The summed E-state index contributed by atoms with van der Waals surface area (Å²) in [5.41, 5.74) is 11.1. The van der Waals surface area contributed by atoms with Crippen LogP contribution in [0.15, 0.2) is 72.8 Å². The van der Waals surface area contributed by atoms with Gasteiger partial charge in [0.15, 0.2) is 0 Å². The average molecular weight is 401 g/mol. The van der Waals surface area contributed by atoms with E-state index in [9.17, 15) is 4.79 Å². The van der Waals surface area contributed by atoms with Gasteiger partial charge in [-0.1, -0.05) is 36.4 Å². The molecule has 1 atom stereocenters. The molecule has 0 spiro atoms. The van der Waals surface area contributed by atoms with Crippen LogP contribution in [0.3, 0.4) is 0 Å². The summed E-state index contributed by atoms with van der Waals surface area (Å²) in [6.07, 6.45) is 1.16. The number of nitrogen functional groups attached to an aromatic ring is 1. The van der Waals surface area contributed by atoms with Crippen LogP contribution in [0.1, 0.15) is 16.8 Å². The molecule has 3 N–H and O–H groups in total. The van der Waals surface area contributed by atoms with E-state index in [0.717, 1.165) is 36.3 Å². The zero-order valence-corrected chi connectivity index (χ0v) is 17.5. The lowest BCUT2D eigenvalue weighted by Crippen LogP contribution is -2.31. The molecule has 0 aromatic heterocycles. The van der Waals surface area contributed by atoms with Gasteiger partial charge >= 0.3 is 0 Å². The summed E-state index contributed by atoms with van der Waals surface area (Å²) in [5, 5.41) is 3.04. The molecule has 3 aromatic rings. The first-order chi connectivity index (χ1) is 14.5. The Morgan fingerprint density at radius 3 is 2.43 bits per heavy atom. The molecule has 5 heteroatoms. The van der Waals surface area contributed by atoms with Crippen LogP contribution in [-0.2, 0) is 0 Å². The number of amides is 1. The molecule has 4 rings (SSSR count). The minimum atomic E-state index is -0.142. The smallest absolute Gasteiger partial charge is 0.255 e. The fourth-order valence-electron chi connectivity index (χ4n) is 3.95. The Morgan fingerprint density at radius 2 is 1.77 bits per heavy atom. The van der Waals surface area contributed by atoms with Crippen LogP contribution >= 0.6 is 0 Å². The van der Waals surface area contributed by atoms with Crippen LogP contribution in [-0.4, -0.2) is 44.0 Å². The molecular formula is C25H28N4O. The zero-order chi connectivity index (χ0) is 21.1. The molecular weight excluding hydrogens is 372 g/mol. The van der Waals surface area contributed by atoms with Gasteiger partial charge in [0.2, 0.25) is 0 Å². The van der Waals surface area contributed by atoms with E-state index in [1.165, 1.54) is 0 Å². The Labute approximate surface area is 178 Å². The lowest BCUT2D eigenvalue weighted by atomic mass is 10.0. The second-order valence-electron chi connectivity index (χ2n) is 8.02. The number of hydrogen-bond acceptors (Lipinski definition) is 4. The van der Waals surface area contributed by atoms with Gasteiger partial charge in [-0.3, -0.25) is 4.79 Å². The number of carbonyl (C=O) groups excluding carboxylic acids is 1. The molecule has 0 aliphatic carbocycles. The maximum absolute atomic E-state index is 12.9. The predicted octanol–water partition coefficient (Wildman–Crippen LogP) is 4.33. The Morgan fingerprint density at radius 1 is 1.03 bits per heavy atom. The number of nitrogens with zero attached hydrogens (tertiary/aromatic N) is 2. The molecule has 0 radical (unpaired) electrons. The molecule has 1 heterocycles. The molecule has 1 fully saturated rings. The predicted molar refractivity (Wildman–Crippen MR) is 125 cm³/mol. The largest absolute Gasteiger partial charge is 0.399 e. The number of rotatable bonds is 5. The van der Waals surface area contributed by atoms with Crippen molar-refractivity contribution in [3.63, 3.8) is 0 Å². The zero-order valence-electron chi connectivity index (χ0n) is 17.5. The molecule has 1 unspecified atom stereocenters. The number of anilines is 3. The van der Waals surface area contributed by atoms with Gasteiger partial charge in [0.1, 0.15) is 0 Å². The summed E-state index contributed by atoms with van der Waals surface area (Å²) in [6.45, 7) is 2.06. The lowest BCUT2D eigenvalue weighted by molar-refractivity contribution is 0.102. The van der Waals surface area contributed by atoms with E-state index in [1.807, 2.05) is 66.7 Å². The van der Waals surface area contributed by atoms with Crippen molar-refractivity contribution < 1.29 is 4.79 Å². The van der Waals surface area contributed by atoms with Crippen molar-refractivity contribution in [1.29, 1.82) is 0 Å². The van der Waals surface area contributed by atoms with Gasteiger partial charge in [-0.25, -0.2) is 0 Å². The Kier molecular flexibility index (Phi) is 5.72. The van der Waals surface area contributed by atoms with Gasteiger partial charge in [-0.05, 0) is 62.5 Å². The quantitative estimate of drug-likeness (QED) is 0.626. The minimum absolute atomic E-state index is 0.142. The van der Waals surface area contributed by atoms with E-state index < -0.39 is 0 Å². The highest BCUT2D eigenvalue weighted by atomic mass is 16.1. The topological polar surface area (TPSA) is 61.6 Å². The van der Waals surface area contributed by atoms with E-state index in [-0.39, 0.29) is 5.91 Å². The van der Waals surface area contributed by atoms with E-state index in [1.54, 1.807) is 6.07 Å². The van der Waals surface area contributed by atoms with Crippen molar-refractivity contribution in [2.45, 2.75) is 12.5 Å². The maximum atomic E-state index is 12.9. The summed E-state index contributed by atoms with van der Waals surface area (Å²) in [7, 11) is 4.25. The molecule has 1 aliphatic heterocycles. The lowest BCUT2D eigenvalue weighted by Gasteiger charge is -2.22. The van der Waals surface area contributed by atoms with Crippen molar-refractivity contribution in [3.8, 4) is 11.1 Å². The summed E-state index contributed by atoms with van der Waals surface area (Å²) in [6, 6.07) is 24.0. The molecule has 30 heavy (non-hydrogen) atoms. The SMILES string of the molecule is CN(C)C1CCN(c2ccc(C(=O)Nc3cc(N)ccc3-c3ccccc3)cc2)C1. The van der Waals surface area contributed by atoms with Crippen molar-refractivity contribution in [2.24, 2.45) is 0 Å². The molecule has 3 aromatic carbocycles. The molecule has 0 saturated carbocycles. The highest BCUT2D eigenvalue weighted by molar-refractivity contribution is 6.06. The van der Waals surface area contributed by atoms with Gasteiger partial charge in [-0.15, -0.1) is 0 Å². The van der Waals surface area contributed by atoms with Crippen molar-refractivity contribution in [1.82, 2.24) is 4.90 Å². The van der Waals surface area contributed by atoms with Crippen LogP contribution in [0.5, 0.6) is 0 Å². The first-order valence-electron chi connectivity index (χ1n) is 10.3. The summed E-state index contributed by atoms with van der Waals surface area (Å²) in [4.78, 5) is 17.6. The molecule has 1 aliphatic rings. The standard InChI is InChI=1S/C25H28N4O/c1-28(2)22-14-15-29(17-22)21-11-8-19(9-12-21)25(30)27-24-16-20(26)10-13-23(24)18-6-4-3-5-7-18/h3-13,16,22H,14-15,17,26H2,1-2H3,(H,27,30). The number of likely N-dealkylation sites (N-methyl/N-ethyl adjacent to an activating group) is 1. The van der Waals surface area contributed by atoms with Crippen LogP contribution in [0.2, 0.25) is 0 Å². The third kappa shape index (κ3) is 4.31. The molecule has 1 saturated heterocycles. The number of benzene rings is 3. The van der Waals surface area contributed by atoms with Crippen molar-refractivity contribution in [2.75, 3.05) is 43.1 Å². The second kappa shape index (κ2) is 8.59. The van der Waals surface area contributed by atoms with Crippen molar-refractivity contribution >= 4 is 23.0 Å². The molecule has 5 nitrogen and oxygen atoms in total. The number of hydrogen-bond donors (Lipinski definition) is 2. The van der Waals surface area contributed by atoms with E-state index >= 15 is 0 Å². The first kappa shape index (κ1) is 20.0. The molecule has 1 amide bonds. The van der Waals surface area contributed by atoms with Gasteiger partial charge in [0.05, 0.1) is 5.69 Å². The minimum Gasteiger partial charge on any atom is -0.399 e. The highest BCUT2D eigenvalue weighted by Crippen LogP contribution is 2.30. The van der Waals surface area contributed by atoms with E-state index in [4.69, 9.17) is 5.73 Å². The van der Waals surface area contributed by atoms with Crippen LogP contribution in [0, 0.1) is 0 Å². The third-order valence-electron chi connectivity index (χ3n) is 5.76. The highest BCUT2D eigenvalue weighted by Gasteiger charge is 2.24. The van der Waals surface area contributed by atoms with E-state index in [0.29, 0.717) is 23.0 Å². The van der Waals surface area contributed by atoms with Gasteiger partial charge in [-0.2, -0.15) is 0 Å². The number of carbonyl (C=O) groups is 1. The normalized spacial score (nSPS) is 16.1. The van der Waals surface area contributed by atoms with Crippen LogP contribution < -0.4 is 16.0 Å². The first-order valence-corrected chi connectivity index (χ1v) is 10.3. The summed E-state index contributed by atoms with van der Waals surface area (Å²) in [5.74, 6) is -0.142. The summed E-state index contributed by atoms with van der Waals surface area (Å²) < 4.78 is 0. The van der Waals surface area contributed by atoms with Crippen LogP contribution in [0.25, 0.3) is 11.1 Å². The van der Waals surface area contributed by atoms with Crippen LogP contribution in [0.4, 0.5) is 17.1 Å². The monoisotopic (exact) mass is 400 g/mol. The Balaban J connectivity index is 1.50.